The molecule has 0 radical (unpaired) electrons. The van der Waals surface area contributed by atoms with E-state index < -0.39 is 0 Å². The third kappa shape index (κ3) is 2.78. The molecule has 1 aromatic rings. The van der Waals surface area contributed by atoms with Gasteiger partial charge in [0.1, 0.15) is 11.6 Å². The van der Waals surface area contributed by atoms with Crippen LogP contribution in [0.3, 0.4) is 0 Å². The van der Waals surface area contributed by atoms with Gasteiger partial charge in [-0.3, -0.25) is 4.79 Å². The molecular formula is C14H15FO. The monoisotopic (exact) mass is 218 g/mol. The van der Waals surface area contributed by atoms with Gasteiger partial charge in [-0.1, -0.05) is 30.7 Å². The summed E-state index contributed by atoms with van der Waals surface area (Å²) in [5.41, 5.74) is 0.944. The lowest BCUT2D eigenvalue weighted by Gasteiger charge is -2.16. The number of benzene rings is 1. The van der Waals surface area contributed by atoms with E-state index in [9.17, 15) is 9.18 Å². The van der Waals surface area contributed by atoms with Gasteiger partial charge in [0.15, 0.2) is 0 Å². The normalized spacial score (nSPS) is 21.6. The average Bonchev–Trinajstić information content (AvgIpc) is 2.30. The van der Waals surface area contributed by atoms with Crippen LogP contribution in [0.5, 0.6) is 0 Å². The predicted molar refractivity (Wildman–Crippen MR) is 62.4 cm³/mol. The second-order valence-electron chi connectivity index (χ2n) is 4.23. The molecule has 0 bridgehead atoms. The highest BCUT2D eigenvalue weighted by molar-refractivity contribution is 5.84. The minimum absolute atomic E-state index is 0.0683. The Morgan fingerprint density at radius 3 is 2.62 bits per heavy atom. The Labute approximate surface area is 95.0 Å². The van der Waals surface area contributed by atoms with E-state index in [1.54, 1.807) is 12.1 Å². The summed E-state index contributed by atoms with van der Waals surface area (Å²) in [6.45, 7) is 0. The Kier molecular flexibility index (Phi) is 3.50. The van der Waals surface area contributed by atoms with Gasteiger partial charge in [0, 0.05) is 12.3 Å². The Morgan fingerprint density at radius 2 is 1.94 bits per heavy atom. The molecule has 0 amide bonds. The molecule has 2 rings (SSSR count). The van der Waals surface area contributed by atoms with Crippen molar-refractivity contribution in [2.24, 2.45) is 5.92 Å². The number of halogens is 1. The number of carbonyl (C=O) groups is 1. The Balaban J connectivity index is 2.02. The van der Waals surface area contributed by atoms with Crippen LogP contribution >= 0.6 is 0 Å². The van der Waals surface area contributed by atoms with Crippen molar-refractivity contribution in [2.45, 2.75) is 25.7 Å². The van der Waals surface area contributed by atoms with Gasteiger partial charge in [-0.2, -0.15) is 0 Å². The van der Waals surface area contributed by atoms with Gasteiger partial charge in [-0.05, 0) is 30.5 Å². The number of rotatable bonds is 2. The van der Waals surface area contributed by atoms with Crippen molar-refractivity contribution in [3.05, 3.63) is 41.7 Å². The van der Waals surface area contributed by atoms with Crippen LogP contribution in [0.25, 0.3) is 6.08 Å². The molecule has 1 aliphatic carbocycles. The van der Waals surface area contributed by atoms with E-state index in [0.29, 0.717) is 12.2 Å². The van der Waals surface area contributed by atoms with Gasteiger partial charge in [0.2, 0.25) is 0 Å². The van der Waals surface area contributed by atoms with Crippen LogP contribution in [0, 0.1) is 11.7 Å². The maximum absolute atomic E-state index is 12.7. The molecule has 1 atom stereocenters. The van der Waals surface area contributed by atoms with Gasteiger partial charge < -0.3 is 0 Å². The molecule has 0 N–H and O–H groups in total. The topological polar surface area (TPSA) is 17.1 Å². The molecule has 84 valence electrons. The van der Waals surface area contributed by atoms with Crippen LogP contribution in [-0.2, 0) is 4.79 Å². The quantitative estimate of drug-likeness (QED) is 0.741. The summed E-state index contributed by atoms with van der Waals surface area (Å²) in [5, 5.41) is 0. The van der Waals surface area contributed by atoms with E-state index in [0.717, 1.165) is 24.8 Å². The van der Waals surface area contributed by atoms with Crippen molar-refractivity contribution in [2.75, 3.05) is 0 Å². The third-order valence-electron chi connectivity index (χ3n) is 2.99. The Bertz CT molecular complexity index is 392. The van der Waals surface area contributed by atoms with Crippen molar-refractivity contribution < 1.29 is 9.18 Å². The molecule has 1 unspecified atom stereocenters. The summed E-state index contributed by atoms with van der Waals surface area (Å²) < 4.78 is 12.7. The summed E-state index contributed by atoms with van der Waals surface area (Å²) in [6, 6.07) is 6.31. The first kappa shape index (κ1) is 11.1. The third-order valence-corrected chi connectivity index (χ3v) is 2.99. The van der Waals surface area contributed by atoms with Crippen molar-refractivity contribution in [1.29, 1.82) is 0 Å². The lowest BCUT2D eigenvalue weighted by molar-refractivity contribution is -0.122. The van der Waals surface area contributed by atoms with Crippen LogP contribution < -0.4 is 0 Å². The first-order valence-corrected chi connectivity index (χ1v) is 5.72. The first-order valence-electron chi connectivity index (χ1n) is 5.72. The van der Waals surface area contributed by atoms with E-state index in [4.69, 9.17) is 0 Å². The average molecular weight is 218 g/mol. The van der Waals surface area contributed by atoms with E-state index in [1.165, 1.54) is 12.1 Å². The largest absolute Gasteiger partial charge is 0.299 e. The predicted octanol–water partition coefficient (Wildman–Crippen LogP) is 3.60. The van der Waals surface area contributed by atoms with Crippen LogP contribution in [0.4, 0.5) is 4.39 Å². The number of ketones is 1. The Hall–Kier alpha value is -1.44. The first-order chi connectivity index (χ1) is 7.75. The smallest absolute Gasteiger partial charge is 0.139 e. The highest BCUT2D eigenvalue weighted by Gasteiger charge is 2.18. The van der Waals surface area contributed by atoms with Gasteiger partial charge in [0.05, 0.1) is 0 Å². The fourth-order valence-electron chi connectivity index (χ4n) is 2.01. The summed E-state index contributed by atoms with van der Waals surface area (Å²) in [5.74, 6) is 0.175. The standard InChI is InChI=1S/C14H15FO/c15-13-9-6-11(7-10-13)5-8-12-3-1-2-4-14(12)16/h5-10,12H,1-4H2/b8-5+. The number of allylic oxidation sites excluding steroid dienone is 1. The van der Waals surface area contributed by atoms with E-state index in [1.807, 2.05) is 12.2 Å². The van der Waals surface area contributed by atoms with E-state index in [2.05, 4.69) is 0 Å². The second kappa shape index (κ2) is 5.06. The fraction of sp³-hybridized carbons (Fsp3) is 0.357. The number of hydrogen-bond acceptors (Lipinski definition) is 1. The molecule has 0 aliphatic heterocycles. The van der Waals surface area contributed by atoms with Crippen LogP contribution in [-0.4, -0.2) is 5.78 Å². The van der Waals surface area contributed by atoms with Gasteiger partial charge >= 0.3 is 0 Å². The summed E-state index contributed by atoms with van der Waals surface area (Å²) in [6.07, 6.45) is 7.68. The molecule has 1 aliphatic rings. The van der Waals surface area contributed by atoms with Crippen LogP contribution in [0.1, 0.15) is 31.2 Å². The van der Waals surface area contributed by atoms with Gasteiger partial charge in [-0.15, -0.1) is 0 Å². The minimum atomic E-state index is -0.231. The fourth-order valence-corrected chi connectivity index (χ4v) is 2.01. The lowest BCUT2D eigenvalue weighted by Crippen LogP contribution is -2.16. The van der Waals surface area contributed by atoms with E-state index in [-0.39, 0.29) is 11.7 Å². The van der Waals surface area contributed by atoms with Crippen molar-refractivity contribution in [1.82, 2.24) is 0 Å². The highest BCUT2D eigenvalue weighted by Crippen LogP contribution is 2.22. The molecule has 0 spiro atoms. The summed E-state index contributed by atoms with van der Waals surface area (Å²) in [7, 11) is 0. The number of carbonyl (C=O) groups excluding carboxylic acids is 1. The zero-order chi connectivity index (χ0) is 11.4. The zero-order valence-corrected chi connectivity index (χ0v) is 9.16. The lowest BCUT2D eigenvalue weighted by atomic mass is 9.87. The molecule has 0 saturated heterocycles. The molecule has 0 aromatic heterocycles. The molecule has 0 heterocycles. The summed E-state index contributed by atoms with van der Waals surface area (Å²) >= 11 is 0. The van der Waals surface area contributed by atoms with Crippen molar-refractivity contribution in [3.63, 3.8) is 0 Å². The number of Topliss-reactive ketones (excluding diaryl/α,β-unsaturated/α-hetero) is 1. The Morgan fingerprint density at radius 1 is 1.19 bits per heavy atom. The molecular weight excluding hydrogens is 203 g/mol. The zero-order valence-electron chi connectivity index (χ0n) is 9.16. The molecule has 2 heteroatoms. The minimum Gasteiger partial charge on any atom is -0.299 e. The van der Waals surface area contributed by atoms with Crippen LogP contribution in [0.15, 0.2) is 30.3 Å². The molecule has 16 heavy (non-hydrogen) atoms. The summed E-state index contributed by atoms with van der Waals surface area (Å²) in [4.78, 5) is 11.6. The molecule has 1 aromatic carbocycles. The van der Waals surface area contributed by atoms with Crippen molar-refractivity contribution >= 4 is 11.9 Å². The number of hydrogen-bond donors (Lipinski definition) is 0. The SMILES string of the molecule is O=C1CCCCC1/C=C/c1ccc(F)cc1. The maximum atomic E-state index is 12.7. The molecule has 1 saturated carbocycles. The van der Waals surface area contributed by atoms with Gasteiger partial charge in [-0.25, -0.2) is 4.39 Å². The van der Waals surface area contributed by atoms with Crippen molar-refractivity contribution in [3.8, 4) is 0 Å². The molecule has 1 fully saturated rings. The maximum Gasteiger partial charge on any atom is 0.139 e. The highest BCUT2D eigenvalue weighted by atomic mass is 19.1. The molecule has 1 nitrogen and oxygen atoms in total. The van der Waals surface area contributed by atoms with E-state index >= 15 is 0 Å². The second-order valence-corrected chi connectivity index (χ2v) is 4.23. The van der Waals surface area contributed by atoms with Crippen LogP contribution in [0.2, 0.25) is 0 Å². The van der Waals surface area contributed by atoms with Gasteiger partial charge in [0.25, 0.3) is 0 Å².